The van der Waals surface area contributed by atoms with Crippen LogP contribution < -0.4 is 11.1 Å². The van der Waals surface area contributed by atoms with Crippen molar-refractivity contribution in [3.05, 3.63) is 78.1 Å². The van der Waals surface area contributed by atoms with E-state index in [2.05, 4.69) is 15.5 Å². The standard InChI is InChI=1S/C22H19F3N4O/c23-22(24,25)18-5-1-14(2-6-18)9-19(26)13-28-21-11-20(30-29-21)16-3-4-17-12-27-8-7-15(17)10-16/h1-8,10-12,19H,9,13,26H2,(H,28,29)/t19-/m0/s1. The van der Waals surface area contributed by atoms with Crippen LogP contribution in [-0.2, 0) is 12.6 Å². The van der Waals surface area contributed by atoms with E-state index in [1.165, 1.54) is 12.1 Å². The summed E-state index contributed by atoms with van der Waals surface area (Å²) in [6.07, 6.45) is -0.370. The van der Waals surface area contributed by atoms with Gasteiger partial charge in [-0.25, -0.2) is 0 Å². The van der Waals surface area contributed by atoms with E-state index in [1.807, 2.05) is 24.3 Å². The number of fused-ring (bicyclic) bond motifs is 1. The van der Waals surface area contributed by atoms with Gasteiger partial charge < -0.3 is 15.6 Å². The molecule has 1 atom stereocenters. The van der Waals surface area contributed by atoms with Gasteiger partial charge in [-0.2, -0.15) is 13.2 Å². The fraction of sp³-hybridized carbons (Fsp3) is 0.182. The molecule has 0 aliphatic heterocycles. The van der Waals surface area contributed by atoms with Crippen molar-refractivity contribution in [3.63, 3.8) is 0 Å². The Balaban J connectivity index is 1.35. The molecule has 0 fully saturated rings. The lowest BCUT2D eigenvalue weighted by atomic mass is 10.0. The summed E-state index contributed by atoms with van der Waals surface area (Å²) >= 11 is 0. The minimum absolute atomic E-state index is 0.296. The van der Waals surface area contributed by atoms with E-state index in [0.717, 1.165) is 34.0 Å². The van der Waals surface area contributed by atoms with E-state index in [4.69, 9.17) is 10.3 Å². The Kier molecular flexibility index (Phi) is 5.41. The Bertz CT molecular complexity index is 1140. The summed E-state index contributed by atoms with van der Waals surface area (Å²) in [6.45, 7) is 0.399. The second-order valence-corrected chi connectivity index (χ2v) is 7.05. The molecule has 3 N–H and O–H groups in total. The summed E-state index contributed by atoms with van der Waals surface area (Å²) in [7, 11) is 0. The Labute approximate surface area is 170 Å². The van der Waals surface area contributed by atoms with Crippen molar-refractivity contribution in [2.45, 2.75) is 18.6 Å². The van der Waals surface area contributed by atoms with E-state index in [9.17, 15) is 13.2 Å². The van der Waals surface area contributed by atoms with Crippen molar-refractivity contribution in [3.8, 4) is 11.3 Å². The zero-order chi connectivity index (χ0) is 21.1. The molecule has 0 spiro atoms. The number of hydrogen-bond donors (Lipinski definition) is 2. The van der Waals surface area contributed by atoms with Crippen LogP contribution in [0.15, 0.2) is 71.5 Å². The minimum atomic E-state index is -4.34. The molecule has 154 valence electrons. The number of hydrogen-bond acceptors (Lipinski definition) is 5. The molecule has 5 nitrogen and oxygen atoms in total. The molecule has 0 aliphatic rings. The zero-order valence-electron chi connectivity index (χ0n) is 15.9. The lowest BCUT2D eigenvalue weighted by molar-refractivity contribution is -0.137. The molecule has 30 heavy (non-hydrogen) atoms. The molecular weight excluding hydrogens is 393 g/mol. The summed E-state index contributed by atoms with van der Waals surface area (Å²) in [5.74, 6) is 1.16. The van der Waals surface area contributed by atoms with Crippen molar-refractivity contribution in [1.29, 1.82) is 0 Å². The van der Waals surface area contributed by atoms with Crippen molar-refractivity contribution in [1.82, 2.24) is 10.1 Å². The summed E-state index contributed by atoms with van der Waals surface area (Å²) in [6, 6.07) is 14.4. The number of alkyl halides is 3. The second-order valence-electron chi connectivity index (χ2n) is 7.05. The first-order chi connectivity index (χ1) is 14.4. The van der Waals surface area contributed by atoms with Crippen LogP contribution in [0.5, 0.6) is 0 Å². The van der Waals surface area contributed by atoms with Gasteiger partial charge in [0.15, 0.2) is 11.6 Å². The second kappa shape index (κ2) is 8.16. The molecular formula is C22H19F3N4O. The summed E-state index contributed by atoms with van der Waals surface area (Å²) < 4.78 is 43.3. The van der Waals surface area contributed by atoms with Gasteiger partial charge in [-0.3, -0.25) is 4.98 Å². The number of nitrogens with two attached hydrogens (primary N) is 1. The molecule has 0 aliphatic carbocycles. The van der Waals surface area contributed by atoms with Gasteiger partial charge in [-0.15, -0.1) is 0 Å². The Hall–Kier alpha value is -3.39. The molecule has 0 bridgehead atoms. The van der Waals surface area contributed by atoms with Gasteiger partial charge in [0.2, 0.25) is 0 Å². The van der Waals surface area contributed by atoms with Gasteiger partial charge in [0, 0.05) is 42.0 Å². The van der Waals surface area contributed by atoms with Crippen LogP contribution in [0.3, 0.4) is 0 Å². The third kappa shape index (κ3) is 4.60. The SMILES string of the molecule is N[C@H](CNc1cc(-c2ccc3cnccc3c2)on1)Cc1ccc(C(F)(F)F)cc1. The summed E-state index contributed by atoms with van der Waals surface area (Å²) in [4.78, 5) is 4.10. The fourth-order valence-corrected chi connectivity index (χ4v) is 3.17. The van der Waals surface area contributed by atoms with Gasteiger partial charge in [-0.1, -0.05) is 29.4 Å². The van der Waals surface area contributed by atoms with Gasteiger partial charge >= 0.3 is 6.18 Å². The van der Waals surface area contributed by atoms with E-state index in [0.29, 0.717) is 24.5 Å². The average Bonchev–Trinajstić information content (AvgIpc) is 3.21. The van der Waals surface area contributed by atoms with E-state index >= 15 is 0 Å². The molecule has 0 saturated carbocycles. The molecule has 4 aromatic rings. The van der Waals surface area contributed by atoms with Crippen LogP contribution in [-0.4, -0.2) is 22.7 Å². The third-order valence-electron chi connectivity index (χ3n) is 4.76. The average molecular weight is 412 g/mol. The quantitative estimate of drug-likeness (QED) is 0.472. The number of nitrogens with zero attached hydrogens (tertiary/aromatic N) is 2. The lowest BCUT2D eigenvalue weighted by Crippen LogP contribution is -2.31. The number of pyridine rings is 1. The first-order valence-electron chi connectivity index (χ1n) is 9.35. The maximum absolute atomic E-state index is 12.6. The lowest BCUT2D eigenvalue weighted by Gasteiger charge is -2.13. The normalized spacial score (nSPS) is 12.8. The van der Waals surface area contributed by atoms with Crippen LogP contribution in [0.4, 0.5) is 19.0 Å². The monoisotopic (exact) mass is 412 g/mol. The van der Waals surface area contributed by atoms with Crippen molar-refractivity contribution < 1.29 is 17.7 Å². The molecule has 2 aromatic heterocycles. The van der Waals surface area contributed by atoms with Crippen LogP contribution in [0.2, 0.25) is 0 Å². The van der Waals surface area contributed by atoms with Crippen LogP contribution >= 0.6 is 0 Å². The minimum Gasteiger partial charge on any atom is -0.366 e. The predicted octanol–water partition coefficient (Wildman–Crippen LogP) is 4.89. The number of nitrogens with one attached hydrogen (secondary N) is 1. The Morgan fingerprint density at radius 3 is 2.57 bits per heavy atom. The highest BCUT2D eigenvalue weighted by Crippen LogP contribution is 2.29. The molecule has 0 radical (unpaired) electrons. The Morgan fingerprint density at radius 2 is 1.80 bits per heavy atom. The molecule has 0 amide bonds. The largest absolute Gasteiger partial charge is 0.416 e. The third-order valence-corrected chi connectivity index (χ3v) is 4.76. The number of aromatic nitrogens is 2. The number of benzene rings is 2. The molecule has 4 rings (SSSR count). The van der Waals surface area contributed by atoms with Gasteiger partial charge in [0.25, 0.3) is 0 Å². The first kappa shape index (κ1) is 19.9. The zero-order valence-corrected chi connectivity index (χ0v) is 15.9. The van der Waals surface area contributed by atoms with E-state index in [-0.39, 0.29) is 6.04 Å². The number of halogens is 3. The van der Waals surface area contributed by atoms with E-state index in [1.54, 1.807) is 18.5 Å². The first-order valence-corrected chi connectivity index (χ1v) is 9.35. The molecule has 0 saturated heterocycles. The highest BCUT2D eigenvalue weighted by molar-refractivity contribution is 5.85. The predicted molar refractivity (Wildman–Crippen MR) is 109 cm³/mol. The van der Waals surface area contributed by atoms with E-state index < -0.39 is 11.7 Å². The van der Waals surface area contributed by atoms with Gasteiger partial charge in [0.05, 0.1) is 5.56 Å². The van der Waals surface area contributed by atoms with Crippen LogP contribution in [0.1, 0.15) is 11.1 Å². The topological polar surface area (TPSA) is 77.0 Å². The van der Waals surface area contributed by atoms with Crippen molar-refractivity contribution >= 4 is 16.6 Å². The van der Waals surface area contributed by atoms with Crippen molar-refractivity contribution in [2.24, 2.45) is 5.73 Å². The Morgan fingerprint density at radius 1 is 1.00 bits per heavy atom. The smallest absolute Gasteiger partial charge is 0.366 e. The van der Waals surface area contributed by atoms with Gasteiger partial charge in [-0.05, 0) is 41.6 Å². The number of anilines is 1. The number of rotatable bonds is 6. The summed E-state index contributed by atoms with van der Waals surface area (Å²) in [5, 5.41) is 9.20. The van der Waals surface area contributed by atoms with Crippen LogP contribution in [0, 0.1) is 0 Å². The maximum Gasteiger partial charge on any atom is 0.416 e. The molecule has 2 heterocycles. The highest BCUT2D eigenvalue weighted by Gasteiger charge is 2.29. The molecule has 0 unspecified atom stereocenters. The van der Waals surface area contributed by atoms with Crippen molar-refractivity contribution in [2.75, 3.05) is 11.9 Å². The maximum atomic E-state index is 12.6. The van der Waals surface area contributed by atoms with Gasteiger partial charge in [0.1, 0.15) is 0 Å². The van der Waals surface area contributed by atoms with Crippen LogP contribution in [0.25, 0.3) is 22.1 Å². The highest BCUT2D eigenvalue weighted by atomic mass is 19.4. The molecule has 8 heteroatoms. The summed E-state index contributed by atoms with van der Waals surface area (Å²) in [5.41, 5.74) is 7.07. The fourth-order valence-electron chi connectivity index (χ4n) is 3.17. The molecule has 2 aromatic carbocycles.